The molecule has 1 heterocycles. The number of nitrogens with zero attached hydrogens (tertiary/aromatic N) is 1. The predicted molar refractivity (Wildman–Crippen MR) is 109 cm³/mol. The van der Waals surface area contributed by atoms with Crippen LogP contribution in [0.1, 0.15) is 37.7 Å². The Kier molecular flexibility index (Phi) is 4.26. The molecule has 1 saturated carbocycles. The molecule has 5 heteroatoms. The number of hydrogen-bond acceptors (Lipinski definition) is 4. The second kappa shape index (κ2) is 6.83. The average molecular weight is 389 g/mol. The number of carbonyl (C=O) groups excluding carboxylic acids is 3. The smallest absolute Gasteiger partial charge is 0.241 e. The van der Waals surface area contributed by atoms with Gasteiger partial charge in [0.05, 0.1) is 13.0 Å². The number of allylic oxidation sites excluding steroid dienone is 1. The summed E-state index contributed by atoms with van der Waals surface area (Å²) in [7, 11) is 1.63. The van der Waals surface area contributed by atoms with Crippen molar-refractivity contribution in [2.24, 2.45) is 11.8 Å². The van der Waals surface area contributed by atoms with Gasteiger partial charge in [0.1, 0.15) is 11.7 Å². The molecule has 29 heavy (non-hydrogen) atoms. The molecule has 0 aromatic heterocycles. The summed E-state index contributed by atoms with van der Waals surface area (Å²) in [5, 5.41) is 1.99. The number of carbonyl (C=O) groups is 3. The Bertz CT molecular complexity index is 1060. The Morgan fingerprint density at radius 1 is 0.897 bits per heavy atom. The Morgan fingerprint density at radius 2 is 1.62 bits per heavy atom. The Morgan fingerprint density at radius 3 is 2.34 bits per heavy atom. The molecule has 5 nitrogen and oxygen atoms in total. The molecule has 1 aliphatic heterocycles. The molecule has 2 aliphatic carbocycles. The molecule has 5 rings (SSSR count). The van der Waals surface area contributed by atoms with Crippen LogP contribution in [0.3, 0.4) is 0 Å². The van der Waals surface area contributed by atoms with Crippen molar-refractivity contribution in [1.29, 1.82) is 0 Å². The highest BCUT2D eigenvalue weighted by atomic mass is 16.5. The van der Waals surface area contributed by atoms with Crippen molar-refractivity contribution in [1.82, 2.24) is 4.90 Å². The summed E-state index contributed by atoms with van der Waals surface area (Å²) in [6.07, 6.45) is 6.66. The maximum atomic E-state index is 13.1. The Labute approximate surface area is 169 Å². The number of Topliss-reactive ketones (excluding diaryl/α,β-unsaturated/α-hetero) is 1. The van der Waals surface area contributed by atoms with Gasteiger partial charge in [-0.1, -0.05) is 43.5 Å². The van der Waals surface area contributed by atoms with Crippen LogP contribution in [0.25, 0.3) is 16.3 Å². The van der Waals surface area contributed by atoms with Gasteiger partial charge in [-0.3, -0.25) is 19.3 Å². The van der Waals surface area contributed by atoms with E-state index < -0.39 is 11.8 Å². The maximum absolute atomic E-state index is 13.1. The van der Waals surface area contributed by atoms with E-state index in [1.54, 1.807) is 13.2 Å². The number of hydrogen-bond donors (Lipinski definition) is 0. The summed E-state index contributed by atoms with van der Waals surface area (Å²) >= 11 is 0. The number of fused-ring (bicyclic) bond motifs is 2. The summed E-state index contributed by atoms with van der Waals surface area (Å²) in [5.41, 5.74) is 1.24. The standard InChI is InChI=1S/C24H23NO4/c1-29-18-10-9-14-11-16(8-7-15(14)12-18)19-13-20-21(22(19)26)24(28)25(23(20)27)17-5-3-2-4-6-17/h7-13,17,20-21H,2-6H2,1H3/t20-,21-/m1/s1. The molecular formula is C24H23NO4. The van der Waals surface area contributed by atoms with E-state index in [0.717, 1.165) is 54.2 Å². The van der Waals surface area contributed by atoms with Crippen molar-refractivity contribution >= 4 is 33.9 Å². The molecule has 0 radical (unpaired) electrons. The van der Waals surface area contributed by atoms with Gasteiger partial charge in [-0.2, -0.15) is 0 Å². The molecule has 0 unspecified atom stereocenters. The van der Waals surface area contributed by atoms with Crippen LogP contribution in [0, 0.1) is 11.8 Å². The number of rotatable bonds is 3. The molecule has 2 aromatic carbocycles. The third kappa shape index (κ3) is 2.79. The maximum Gasteiger partial charge on any atom is 0.241 e. The predicted octanol–water partition coefficient (Wildman–Crippen LogP) is 3.75. The van der Waals surface area contributed by atoms with Crippen LogP contribution in [0.4, 0.5) is 0 Å². The number of amides is 2. The van der Waals surface area contributed by atoms with Gasteiger partial charge in [-0.25, -0.2) is 0 Å². The monoisotopic (exact) mass is 389 g/mol. The van der Waals surface area contributed by atoms with Crippen LogP contribution in [0.2, 0.25) is 0 Å². The van der Waals surface area contributed by atoms with Crippen LogP contribution in [0.15, 0.2) is 42.5 Å². The molecule has 148 valence electrons. The van der Waals surface area contributed by atoms with Crippen LogP contribution in [-0.2, 0) is 14.4 Å². The van der Waals surface area contributed by atoms with Crippen molar-refractivity contribution < 1.29 is 19.1 Å². The molecular weight excluding hydrogens is 366 g/mol. The van der Waals surface area contributed by atoms with Crippen molar-refractivity contribution in [3.05, 3.63) is 48.0 Å². The third-order valence-electron chi connectivity index (χ3n) is 6.58. The third-order valence-corrected chi connectivity index (χ3v) is 6.58. The molecule has 0 N–H and O–H groups in total. The summed E-state index contributed by atoms with van der Waals surface area (Å²) in [6, 6.07) is 11.5. The van der Waals surface area contributed by atoms with Gasteiger partial charge in [0.2, 0.25) is 11.8 Å². The van der Waals surface area contributed by atoms with Gasteiger partial charge in [-0.15, -0.1) is 0 Å². The van der Waals surface area contributed by atoms with E-state index in [1.807, 2.05) is 36.4 Å². The van der Waals surface area contributed by atoms with Crippen LogP contribution in [0.5, 0.6) is 5.75 Å². The lowest BCUT2D eigenvalue weighted by molar-refractivity contribution is -0.143. The normalized spacial score (nSPS) is 24.9. The first kappa shape index (κ1) is 18.1. The summed E-state index contributed by atoms with van der Waals surface area (Å²) < 4.78 is 5.26. The van der Waals surface area contributed by atoms with Crippen molar-refractivity contribution in [3.63, 3.8) is 0 Å². The summed E-state index contributed by atoms with van der Waals surface area (Å²) in [5.74, 6) is -1.45. The van der Waals surface area contributed by atoms with Gasteiger partial charge in [0.15, 0.2) is 5.78 Å². The first-order valence-corrected chi connectivity index (χ1v) is 10.3. The molecule has 2 fully saturated rings. The number of likely N-dealkylation sites (tertiary alicyclic amines) is 1. The highest BCUT2D eigenvalue weighted by molar-refractivity contribution is 6.34. The van der Waals surface area contributed by atoms with E-state index >= 15 is 0 Å². The van der Waals surface area contributed by atoms with E-state index in [0.29, 0.717) is 5.57 Å². The number of imide groups is 1. The minimum atomic E-state index is -0.869. The second-order valence-electron chi connectivity index (χ2n) is 8.21. The first-order chi connectivity index (χ1) is 14.1. The highest BCUT2D eigenvalue weighted by Gasteiger charge is 2.56. The second-order valence-corrected chi connectivity index (χ2v) is 8.21. The van der Waals surface area contributed by atoms with E-state index in [9.17, 15) is 14.4 Å². The number of methoxy groups -OCH3 is 1. The Hall–Kier alpha value is -2.95. The van der Waals surface area contributed by atoms with E-state index in [-0.39, 0.29) is 23.6 Å². The van der Waals surface area contributed by atoms with Gasteiger partial charge in [0.25, 0.3) is 0 Å². The summed E-state index contributed by atoms with van der Waals surface area (Å²) in [6.45, 7) is 0. The van der Waals surface area contributed by atoms with Crippen LogP contribution < -0.4 is 4.74 Å². The zero-order valence-electron chi connectivity index (χ0n) is 16.4. The fraction of sp³-hybridized carbons (Fsp3) is 0.375. The molecule has 1 saturated heterocycles. The summed E-state index contributed by atoms with van der Waals surface area (Å²) in [4.78, 5) is 40.5. The number of benzene rings is 2. The van der Waals surface area contributed by atoms with E-state index in [4.69, 9.17) is 4.74 Å². The largest absolute Gasteiger partial charge is 0.497 e. The van der Waals surface area contributed by atoms with Gasteiger partial charge in [0, 0.05) is 11.6 Å². The SMILES string of the molecule is COc1ccc2cc(C3=C[C@H]4C(=O)N(C5CCCCC5)C(=O)[C@H]4C3=O)ccc2c1. The van der Waals surface area contributed by atoms with Gasteiger partial charge >= 0.3 is 0 Å². The van der Waals surface area contributed by atoms with Crippen LogP contribution in [-0.4, -0.2) is 35.6 Å². The fourth-order valence-electron chi connectivity index (χ4n) is 5.04. The lowest BCUT2D eigenvalue weighted by Gasteiger charge is -2.30. The fourth-order valence-corrected chi connectivity index (χ4v) is 5.04. The lowest BCUT2D eigenvalue weighted by atomic mass is 9.93. The van der Waals surface area contributed by atoms with E-state index in [2.05, 4.69) is 0 Å². The van der Waals surface area contributed by atoms with Gasteiger partial charge < -0.3 is 4.74 Å². The average Bonchev–Trinajstić information content (AvgIpc) is 3.22. The minimum absolute atomic E-state index is 0.0327. The first-order valence-electron chi connectivity index (χ1n) is 10.3. The van der Waals surface area contributed by atoms with Crippen molar-refractivity contribution in [2.45, 2.75) is 38.1 Å². The van der Waals surface area contributed by atoms with Gasteiger partial charge in [-0.05, 0) is 47.4 Å². The molecule has 2 aromatic rings. The van der Waals surface area contributed by atoms with Crippen LogP contribution >= 0.6 is 0 Å². The van der Waals surface area contributed by atoms with E-state index in [1.165, 1.54) is 4.90 Å². The van der Waals surface area contributed by atoms with Crippen molar-refractivity contribution in [2.75, 3.05) is 7.11 Å². The topological polar surface area (TPSA) is 63.7 Å². The minimum Gasteiger partial charge on any atom is -0.497 e. The number of ether oxygens (including phenoxy) is 1. The molecule has 2 amide bonds. The Balaban J connectivity index is 1.47. The van der Waals surface area contributed by atoms with Crippen molar-refractivity contribution in [3.8, 4) is 5.75 Å². The highest BCUT2D eigenvalue weighted by Crippen LogP contribution is 2.42. The lowest BCUT2D eigenvalue weighted by Crippen LogP contribution is -2.42. The molecule has 3 aliphatic rings. The molecule has 2 atom stereocenters. The molecule has 0 spiro atoms. The zero-order chi connectivity index (χ0) is 20.1. The molecule has 0 bridgehead atoms. The number of ketones is 1. The quantitative estimate of drug-likeness (QED) is 0.592. The zero-order valence-corrected chi connectivity index (χ0v) is 16.4.